The van der Waals surface area contributed by atoms with E-state index in [-0.39, 0.29) is 0 Å². The van der Waals surface area contributed by atoms with Crippen LogP contribution in [0.1, 0.15) is 145 Å². The zero-order valence-corrected chi connectivity index (χ0v) is 49.3. The lowest BCUT2D eigenvalue weighted by atomic mass is 9.43. The lowest BCUT2D eigenvalue weighted by molar-refractivity contribution is -0.117. The van der Waals surface area contributed by atoms with Gasteiger partial charge in [0.2, 0.25) is 5.95 Å². The van der Waals surface area contributed by atoms with Crippen LogP contribution >= 0.6 is 0 Å². The van der Waals surface area contributed by atoms with Crippen molar-refractivity contribution in [1.29, 1.82) is 0 Å². The van der Waals surface area contributed by atoms with Gasteiger partial charge in [0.05, 0.1) is 16.4 Å². The minimum Gasteiger partial charge on any atom is -0.277 e. The second-order valence-corrected chi connectivity index (χ2v) is 27.6. The summed E-state index contributed by atoms with van der Waals surface area (Å²) in [6.07, 6.45) is 17.1. The Bertz CT molecular complexity index is 4030. The summed E-state index contributed by atoms with van der Waals surface area (Å²) in [5, 5.41) is 2.38. The third-order valence-electron chi connectivity index (χ3n) is 23.4. The quantitative estimate of drug-likeness (QED) is 0.137. The maximum Gasteiger partial charge on any atom is 0.238 e. The monoisotopic (exact) mass is 1080 g/mol. The van der Waals surface area contributed by atoms with Crippen molar-refractivity contribution in [2.45, 2.75) is 123 Å². The molecule has 0 amide bonds. The van der Waals surface area contributed by atoms with Crippen LogP contribution in [-0.2, 0) is 5.41 Å². The summed E-state index contributed by atoms with van der Waals surface area (Å²) in [5.41, 5.74) is 19.0. The molecular formula is C79H78N4. The van der Waals surface area contributed by atoms with Gasteiger partial charge in [-0.25, -0.2) is 4.98 Å². The van der Waals surface area contributed by atoms with Crippen molar-refractivity contribution in [3.05, 3.63) is 216 Å². The third kappa shape index (κ3) is 7.72. The summed E-state index contributed by atoms with van der Waals surface area (Å²) in [5.74, 6) is 8.79. The van der Waals surface area contributed by atoms with E-state index in [9.17, 15) is 0 Å². The molecule has 6 aliphatic carbocycles. The minimum atomic E-state index is -0.496. The van der Waals surface area contributed by atoms with Crippen molar-refractivity contribution in [1.82, 2.24) is 19.5 Å². The summed E-state index contributed by atoms with van der Waals surface area (Å²) in [4.78, 5) is 16.1. The average molecular weight is 1080 g/mol. The molecule has 2 aromatic heterocycles. The molecule has 10 aromatic rings. The first-order chi connectivity index (χ1) is 40.6. The van der Waals surface area contributed by atoms with E-state index in [1.807, 2.05) is 0 Å². The maximum atomic E-state index is 5.47. The topological polar surface area (TPSA) is 43.6 Å². The van der Waals surface area contributed by atoms with Gasteiger partial charge in [-0.05, 0) is 184 Å². The molecule has 1 unspecified atom stereocenters. The SMILES string of the molecule is CC(C)CCC[C@@H](C)[C@H]1CC[C@H]2[C@@H]3CC[C@H]4CC(c5ccc(-c6ccc7c(c6)c6ccc8c(c6n7-c6nc(-c7ccccc7)nc(-c7ccccc7)n6)-c6ccccc6C86c7ccccc7-c7ccccc76)cc5)CC[C@]4(C)[C@H]3CC[C@]12C. The number of benzene rings is 8. The van der Waals surface area contributed by atoms with Crippen LogP contribution in [0.25, 0.3) is 83.9 Å². The Kier molecular flexibility index (Phi) is 12.1. The van der Waals surface area contributed by atoms with Crippen LogP contribution in [-0.4, -0.2) is 19.5 Å². The Morgan fingerprint density at radius 2 is 1.10 bits per heavy atom. The van der Waals surface area contributed by atoms with E-state index in [0.29, 0.717) is 34.3 Å². The van der Waals surface area contributed by atoms with Gasteiger partial charge < -0.3 is 0 Å². The Morgan fingerprint density at radius 3 is 1.77 bits per heavy atom. The minimum absolute atomic E-state index is 0.485. The fourth-order valence-electron chi connectivity index (χ4n) is 19.5. The van der Waals surface area contributed by atoms with E-state index in [0.717, 1.165) is 63.6 Å². The second-order valence-electron chi connectivity index (χ2n) is 27.6. The standard InChI is InChI=1S/C79H78N4/c1-49(2)19-18-20-50(3)64-40-41-65-61-37-36-57-47-56(43-45-77(57,4)66(61)44-46-78(64,65)5)52-33-31-51(32-34-52)55-35-42-71-63(48-55)60-38-39-70-72(62-27-14-17-30-69(62)79(70)67-28-15-12-25-58(67)59-26-13-16-29-68(59)79)73(60)83(71)76-81-74(53-21-8-6-9-22-53)80-75(82-76)54-23-10-7-11-24-54/h6-17,21-35,38-39,42,48-50,56-57,61,64-66H,18-20,36-37,40-41,43-47H2,1-5H3/t50-,56?,57+,61+,64-,65+,66+,77+,78-/m1/s1. The normalized spacial score (nSPS) is 25.6. The van der Waals surface area contributed by atoms with Gasteiger partial charge in [0.25, 0.3) is 0 Å². The molecule has 9 atom stereocenters. The first-order valence-electron chi connectivity index (χ1n) is 32.0. The first-order valence-corrected chi connectivity index (χ1v) is 32.0. The van der Waals surface area contributed by atoms with Crippen molar-refractivity contribution in [2.24, 2.45) is 52.3 Å². The molecule has 4 saturated carbocycles. The summed E-state index contributed by atoms with van der Waals surface area (Å²) < 4.78 is 2.37. The van der Waals surface area contributed by atoms with E-state index in [1.165, 1.54) is 149 Å². The van der Waals surface area contributed by atoms with E-state index < -0.39 is 5.41 Å². The third-order valence-corrected chi connectivity index (χ3v) is 23.4. The number of hydrogen-bond acceptors (Lipinski definition) is 3. The smallest absolute Gasteiger partial charge is 0.238 e. The van der Waals surface area contributed by atoms with Gasteiger partial charge >= 0.3 is 0 Å². The largest absolute Gasteiger partial charge is 0.277 e. The summed E-state index contributed by atoms with van der Waals surface area (Å²) in [6.45, 7) is 13.0. The van der Waals surface area contributed by atoms with Crippen LogP contribution in [0.15, 0.2) is 188 Å². The average Bonchev–Trinajstić information content (AvgIpc) is 2.02. The molecule has 0 N–H and O–H groups in total. The molecule has 0 aliphatic heterocycles. The van der Waals surface area contributed by atoms with Crippen molar-refractivity contribution >= 4 is 21.8 Å². The predicted octanol–water partition coefficient (Wildman–Crippen LogP) is 20.5. The first kappa shape index (κ1) is 51.2. The molecule has 0 bridgehead atoms. The number of hydrogen-bond donors (Lipinski definition) is 0. The molecule has 16 rings (SSSR count). The highest BCUT2D eigenvalue weighted by Gasteiger charge is 2.61. The summed E-state index contributed by atoms with van der Waals surface area (Å²) in [6, 6.07) is 70.0. The van der Waals surface area contributed by atoms with Crippen LogP contribution < -0.4 is 0 Å². The van der Waals surface area contributed by atoms with Gasteiger partial charge in [0.1, 0.15) is 0 Å². The zero-order chi connectivity index (χ0) is 55.8. The predicted molar refractivity (Wildman–Crippen MR) is 343 cm³/mol. The Balaban J connectivity index is 0.773. The second kappa shape index (κ2) is 19.6. The van der Waals surface area contributed by atoms with Crippen LogP contribution in [0, 0.1) is 52.3 Å². The molecule has 2 heterocycles. The van der Waals surface area contributed by atoms with Crippen LogP contribution in [0.5, 0.6) is 0 Å². The molecule has 0 radical (unpaired) electrons. The van der Waals surface area contributed by atoms with Crippen LogP contribution in [0.2, 0.25) is 0 Å². The van der Waals surface area contributed by atoms with Crippen LogP contribution in [0.3, 0.4) is 0 Å². The van der Waals surface area contributed by atoms with E-state index in [1.54, 1.807) is 0 Å². The number of nitrogens with zero attached hydrogens (tertiary/aromatic N) is 4. The lowest BCUT2D eigenvalue weighted by Gasteiger charge is -2.61. The molecule has 4 fully saturated rings. The molecule has 414 valence electrons. The number of rotatable bonds is 10. The highest BCUT2D eigenvalue weighted by atomic mass is 15.2. The molecule has 4 heteroatoms. The highest BCUT2D eigenvalue weighted by molar-refractivity contribution is 6.17. The lowest BCUT2D eigenvalue weighted by Crippen LogP contribution is -2.53. The molecule has 0 saturated heterocycles. The van der Waals surface area contributed by atoms with Crippen molar-refractivity contribution in [3.63, 3.8) is 0 Å². The molecule has 6 aliphatic rings. The van der Waals surface area contributed by atoms with Gasteiger partial charge in [0, 0.05) is 27.5 Å². The Labute approximate surface area is 491 Å². The van der Waals surface area contributed by atoms with Gasteiger partial charge in [-0.1, -0.05) is 230 Å². The number of aromatic nitrogens is 4. The van der Waals surface area contributed by atoms with Crippen molar-refractivity contribution in [2.75, 3.05) is 0 Å². The van der Waals surface area contributed by atoms with Crippen LogP contribution in [0.4, 0.5) is 0 Å². The Morgan fingerprint density at radius 1 is 0.494 bits per heavy atom. The molecular weight excluding hydrogens is 1000 g/mol. The van der Waals surface area contributed by atoms with Gasteiger partial charge in [-0.3, -0.25) is 4.57 Å². The maximum absolute atomic E-state index is 5.47. The summed E-state index contributed by atoms with van der Waals surface area (Å²) >= 11 is 0. The van der Waals surface area contributed by atoms with Crippen molar-refractivity contribution in [3.8, 4) is 62.1 Å². The van der Waals surface area contributed by atoms with E-state index in [4.69, 9.17) is 15.0 Å². The highest BCUT2D eigenvalue weighted by Crippen LogP contribution is 2.70. The van der Waals surface area contributed by atoms with E-state index in [2.05, 4.69) is 227 Å². The zero-order valence-electron chi connectivity index (χ0n) is 49.3. The fourth-order valence-corrected chi connectivity index (χ4v) is 19.5. The van der Waals surface area contributed by atoms with E-state index >= 15 is 0 Å². The molecule has 8 aromatic carbocycles. The molecule has 83 heavy (non-hydrogen) atoms. The number of fused-ring (bicyclic) bond motifs is 19. The fraction of sp³-hybridized carbons (Fsp3) is 0.354. The van der Waals surface area contributed by atoms with Gasteiger partial charge in [-0.2, -0.15) is 9.97 Å². The summed E-state index contributed by atoms with van der Waals surface area (Å²) in [7, 11) is 0. The van der Waals surface area contributed by atoms with Gasteiger partial charge in [-0.15, -0.1) is 0 Å². The Hall–Kier alpha value is -7.43. The van der Waals surface area contributed by atoms with Gasteiger partial charge in [0.15, 0.2) is 11.6 Å². The van der Waals surface area contributed by atoms with Crippen molar-refractivity contribution < 1.29 is 0 Å². The molecule has 1 spiro atoms. The molecule has 4 nitrogen and oxygen atoms in total.